The first-order valence-electron chi connectivity index (χ1n) is 7.92. The fourth-order valence-corrected chi connectivity index (χ4v) is 3.67. The molecule has 0 radical (unpaired) electrons. The molecule has 1 aromatic carbocycles. The van der Waals surface area contributed by atoms with Crippen LogP contribution in [0.25, 0.3) is 0 Å². The summed E-state index contributed by atoms with van der Waals surface area (Å²) in [7, 11) is 0. The molecule has 2 atom stereocenters. The van der Waals surface area contributed by atoms with Gasteiger partial charge in [-0.05, 0) is 24.7 Å². The van der Waals surface area contributed by atoms with Crippen LogP contribution >= 0.6 is 23.2 Å². The standard InChI is InChI=1S/C19H20Cl2F2O2/c1-5-7-10-16(22)14(20)11(15(21)17(10)23)9-25-18(24)13-12(8-6-2)19(13,3)4/h5-6,8,12-13H,1,7,9H2,2-4H3/t12-,13+/m1/s1. The molecule has 0 bridgehead atoms. The van der Waals surface area contributed by atoms with Crippen molar-refractivity contribution in [1.29, 1.82) is 0 Å². The van der Waals surface area contributed by atoms with Crippen LogP contribution in [0.1, 0.15) is 31.9 Å². The molecule has 0 saturated heterocycles. The zero-order valence-electron chi connectivity index (χ0n) is 14.3. The SMILES string of the molecule is C=CCc1c(F)c(Cl)c(COC(=O)[C@@H]2[C@@H](C=CC)C2(C)C)c(Cl)c1F. The van der Waals surface area contributed by atoms with Gasteiger partial charge in [-0.15, -0.1) is 6.58 Å². The molecule has 2 nitrogen and oxygen atoms in total. The predicted octanol–water partition coefficient (Wildman–Crippen LogP) is 5.89. The maximum absolute atomic E-state index is 14.2. The first-order valence-corrected chi connectivity index (χ1v) is 8.68. The normalized spacial score (nSPS) is 21.4. The van der Waals surface area contributed by atoms with Crippen LogP contribution < -0.4 is 0 Å². The largest absolute Gasteiger partial charge is 0.460 e. The van der Waals surface area contributed by atoms with Gasteiger partial charge in [-0.3, -0.25) is 4.79 Å². The molecule has 1 aliphatic carbocycles. The second kappa shape index (κ2) is 7.46. The average Bonchev–Trinajstić information content (AvgIpc) is 3.10. The molecule has 136 valence electrons. The van der Waals surface area contributed by atoms with Crippen molar-refractivity contribution >= 4 is 29.2 Å². The molecule has 0 heterocycles. The third-order valence-electron chi connectivity index (χ3n) is 4.72. The van der Waals surface area contributed by atoms with Crippen molar-refractivity contribution in [2.45, 2.75) is 33.8 Å². The van der Waals surface area contributed by atoms with Gasteiger partial charge in [0.15, 0.2) is 0 Å². The van der Waals surface area contributed by atoms with E-state index in [1.807, 2.05) is 32.9 Å². The highest BCUT2D eigenvalue weighted by Gasteiger charge is 2.61. The van der Waals surface area contributed by atoms with Gasteiger partial charge >= 0.3 is 5.97 Å². The van der Waals surface area contributed by atoms with Crippen molar-refractivity contribution in [2.75, 3.05) is 0 Å². The van der Waals surface area contributed by atoms with Gasteiger partial charge in [0.2, 0.25) is 0 Å². The van der Waals surface area contributed by atoms with Gasteiger partial charge in [-0.1, -0.05) is 55.3 Å². The highest BCUT2D eigenvalue weighted by atomic mass is 35.5. The van der Waals surface area contributed by atoms with Crippen LogP contribution in [0.4, 0.5) is 8.78 Å². The molecule has 1 fully saturated rings. The summed E-state index contributed by atoms with van der Waals surface area (Å²) in [5.74, 6) is -2.47. The number of allylic oxidation sites excluding steroid dienone is 3. The van der Waals surface area contributed by atoms with Crippen molar-refractivity contribution < 1.29 is 18.3 Å². The molecular formula is C19H20Cl2F2O2. The molecule has 0 aliphatic heterocycles. The molecule has 1 aliphatic rings. The van der Waals surface area contributed by atoms with Crippen LogP contribution in [0.5, 0.6) is 0 Å². The second-order valence-electron chi connectivity index (χ2n) is 6.66. The van der Waals surface area contributed by atoms with E-state index in [1.165, 1.54) is 6.08 Å². The minimum Gasteiger partial charge on any atom is -0.460 e. The van der Waals surface area contributed by atoms with Gasteiger partial charge in [0, 0.05) is 11.1 Å². The van der Waals surface area contributed by atoms with E-state index in [-0.39, 0.29) is 51.5 Å². The number of rotatable bonds is 6. The van der Waals surface area contributed by atoms with E-state index in [1.54, 1.807) is 0 Å². The Morgan fingerprint density at radius 2 is 1.80 bits per heavy atom. The van der Waals surface area contributed by atoms with E-state index in [0.717, 1.165) is 0 Å². The summed E-state index contributed by atoms with van der Waals surface area (Å²) in [6.45, 7) is 8.88. The molecule has 25 heavy (non-hydrogen) atoms. The van der Waals surface area contributed by atoms with Crippen molar-refractivity contribution in [3.63, 3.8) is 0 Å². The van der Waals surface area contributed by atoms with Crippen LogP contribution in [0.2, 0.25) is 10.0 Å². The fourth-order valence-electron chi connectivity index (χ4n) is 3.10. The Balaban J connectivity index is 2.19. The summed E-state index contributed by atoms with van der Waals surface area (Å²) >= 11 is 11.9. The lowest BCUT2D eigenvalue weighted by Crippen LogP contribution is -2.12. The lowest BCUT2D eigenvalue weighted by molar-refractivity contribution is -0.147. The van der Waals surface area contributed by atoms with E-state index in [9.17, 15) is 13.6 Å². The maximum atomic E-state index is 14.2. The lowest BCUT2D eigenvalue weighted by atomic mass is 10.1. The minimum atomic E-state index is -0.909. The van der Waals surface area contributed by atoms with Gasteiger partial charge in [0.1, 0.15) is 18.2 Å². The Morgan fingerprint density at radius 3 is 2.28 bits per heavy atom. The third-order valence-corrected chi connectivity index (χ3v) is 5.50. The average molecular weight is 389 g/mol. The number of hydrogen-bond donors (Lipinski definition) is 0. The quantitative estimate of drug-likeness (QED) is 0.344. The number of hydrogen-bond acceptors (Lipinski definition) is 2. The topological polar surface area (TPSA) is 26.3 Å². The van der Waals surface area contributed by atoms with Gasteiger partial charge < -0.3 is 4.74 Å². The Hall–Kier alpha value is -1.39. The monoisotopic (exact) mass is 388 g/mol. The van der Waals surface area contributed by atoms with E-state index in [2.05, 4.69) is 6.58 Å². The molecule has 1 saturated carbocycles. The molecular weight excluding hydrogens is 369 g/mol. The number of esters is 1. The fraction of sp³-hybridized carbons (Fsp3) is 0.421. The van der Waals surface area contributed by atoms with Crippen LogP contribution in [0.15, 0.2) is 24.8 Å². The molecule has 0 amide bonds. The van der Waals surface area contributed by atoms with E-state index >= 15 is 0 Å². The summed E-state index contributed by atoms with van der Waals surface area (Å²) in [6.07, 6.45) is 5.15. The zero-order chi connectivity index (χ0) is 18.9. The smallest absolute Gasteiger partial charge is 0.310 e. The highest BCUT2D eigenvalue weighted by Crippen LogP contribution is 2.59. The summed E-state index contributed by atoms with van der Waals surface area (Å²) in [5.41, 5.74) is -0.529. The van der Waals surface area contributed by atoms with Gasteiger partial charge in [-0.25, -0.2) is 8.78 Å². The van der Waals surface area contributed by atoms with Crippen LogP contribution in [0, 0.1) is 28.9 Å². The summed E-state index contributed by atoms with van der Waals surface area (Å²) < 4.78 is 33.7. The Bertz CT molecular complexity index is 712. The summed E-state index contributed by atoms with van der Waals surface area (Å²) in [5, 5.41) is -0.674. The van der Waals surface area contributed by atoms with Crippen molar-refractivity contribution in [3.05, 3.63) is 57.6 Å². The molecule has 2 rings (SSSR count). The predicted molar refractivity (Wildman–Crippen MR) is 95.7 cm³/mol. The minimum absolute atomic E-state index is 0.0432. The van der Waals surface area contributed by atoms with Gasteiger partial charge in [0.25, 0.3) is 0 Å². The molecule has 0 spiro atoms. The van der Waals surface area contributed by atoms with E-state index in [4.69, 9.17) is 27.9 Å². The van der Waals surface area contributed by atoms with Crippen molar-refractivity contribution in [3.8, 4) is 0 Å². The molecule has 0 N–H and O–H groups in total. The van der Waals surface area contributed by atoms with Gasteiger partial charge in [0.05, 0.1) is 16.0 Å². The zero-order valence-corrected chi connectivity index (χ0v) is 15.8. The number of benzene rings is 1. The Morgan fingerprint density at radius 1 is 1.24 bits per heavy atom. The molecule has 0 unspecified atom stereocenters. The first-order chi connectivity index (χ1) is 11.7. The second-order valence-corrected chi connectivity index (χ2v) is 7.42. The highest BCUT2D eigenvalue weighted by molar-refractivity contribution is 6.36. The Kier molecular flexibility index (Phi) is 5.95. The summed E-state index contributed by atoms with van der Waals surface area (Å²) in [4.78, 5) is 12.3. The molecule has 0 aromatic heterocycles. The number of ether oxygens (including phenoxy) is 1. The first kappa shape index (κ1) is 19.9. The number of halogens is 4. The van der Waals surface area contributed by atoms with Crippen LogP contribution in [-0.4, -0.2) is 5.97 Å². The third kappa shape index (κ3) is 3.61. The van der Waals surface area contributed by atoms with Gasteiger partial charge in [-0.2, -0.15) is 0 Å². The maximum Gasteiger partial charge on any atom is 0.310 e. The van der Waals surface area contributed by atoms with E-state index < -0.39 is 17.6 Å². The Labute approximate surface area is 156 Å². The lowest BCUT2D eigenvalue weighted by Gasteiger charge is -2.13. The molecule has 1 aromatic rings. The van der Waals surface area contributed by atoms with E-state index in [0.29, 0.717) is 0 Å². The van der Waals surface area contributed by atoms with Crippen molar-refractivity contribution in [1.82, 2.24) is 0 Å². The summed E-state index contributed by atoms with van der Waals surface area (Å²) in [6, 6.07) is 0. The number of carbonyl (C=O) groups excluding carboxylic acids is 1. The van der Waals surface area contributed by atoms with Crippen LogP contribution in [-0.2, 0) is 22.6 Å². The number of carbonyl (C=O) groups is 1. The molecule has 6 heteroatoms. The van der Waals surface area contributed by atoms with Crippen molar-refractivity contribution in [2.24, 2.45) is 17.3 Å². The van der Waals surface area contributed by atoms with Crippen LogP contribution in [0.3, 0.4) is 0 Å².